The fraction of sp³-hybridized carbons (Fsp3) is 0.400. The van der Waals surface area contributed by atoms with Crippen LogP contribution in [0.1, 0.15) is 17.5 Å². The van der Waals surface area contributed by atoms with Crippen molar-refractivity contribution in [3.05, 3.63) is 27.7 Å². The highest BCUT2D eigenvalue weighted by Crippen LogP contribution is 2.29. The van der Waals surface area contributed by atoms with Gasteiger partial charge in [0.1, 0.15) is 5.75 Å². The summed E-state index contributed by atoms with van der Waals surface area (Å²) in [5.74, 6) is 0.299. The second kappa shape index (κ2) is 4.63. The molecule has 0 aliphatic carbocycles. The van der Waals surface area contributed by atoms with Crippen LogP contribution in [-0.4, -0.2) is 16.8 Å². The zero-order valence-electron chi connectivity index (χ0n) is 7.55. The quantitative estimate of drug-likeness (QED) is 0.858. The normalized spacial score (nSPS) is 10.4. The van der Waals surface area contributed by atoms with Gasteiger partial charge >= 0.3 is 0 Å². The van der Waals surface area contributed by atoms with Gasteiger partial charge in [-0.3, -0.25) is 0 Å². The van der Waals surface area contributed by atoms with Crippen molar-refractivity contribution in [2.24, 2.45) is 0 Å². The number of benzene rings is 1. The van der Waals surface area contributed by atoms with E-state index in [0.717, 1.165) is 28.4 Å². The number of aliphatic hydroxyl groups excluding tert-OH is 1. The summed E-state index contributed by atoms with van der Waals surface area (Å²) in [6.07, 6.45) is 1.60. The monoisotopic (exact) mass is 244 g/mol. The molecule has 13 heavy (non-hydrogen) atoms. The van der Waals surface area contributed by atoms with Gasteiger partial charge in [-0.1, -0.05) is 6.07 Å². The molecule has 0 fully saturated rings. The minimum Gasteiger partial charge on any atom is -0.506 e. The molecule has 1 aromatic carbocycles. The first-order valence-electron chi connectivity index (χ1n) is 4.24. The Morgan fingerprint density at radius 1 is 1.38 bits per heavy atom. The summed E-state index contributed by atoms with van der Waals surface area (Å²) in [5.41, 5.74) is 2.00. The molecule has 0 aromatic heterocycles. The first-order chi connectivity index (χ1) is 6.15. The van der Waals surface area contributed by atoms with Crippen molar-refractivity contribution in [3.8, 4) is 5.75 Å². The van der Waals surface area contributed by atoms with E-state index in [0.29, 0.717) is 5.75 Å². The van der Waals surface area contributed by atoms with Gasteiger partial charge in [-0.15, -0.1) is 0 Å². The van der Waals surface area contributed by atoms with Gasteiger partial charge in [0.25, 0.3) is 0 Å². The molecule has 0 unspecified atom stereocenters. The van der Waals surface area contributed by atoms with Crippen LogP contribution in [0.3, 0.4) is 0 Å². The van der Waals surface area contributed by atoms with Gasteiger partial charge in [0.05, 0.1) is 4.47 Å². The lowest BCUT2D eigenvalue weighted by Gasteiger charge is -2.05. The van der Waals surface area contributed by atoms with E-state index in [1.54, 1.807) is 0 Å². The second-order valence-corrected chi connectivity index (χ2v) is 3.92. The number of aliphatic hydroxyl groups is 1. The molecule has 0 bridgehead atoms. The second-order valence-electron chi connectivity index (χ2n) is 3.07. The maximum Gasteiger partial charge on any atom is 0.132 e. The van der Waals surface area contributed by atoms with Crippen LogP contribution >= 0.6 is 15.9 Å². The highest BCUT2D eigenvalue weighted by Gasteiger charge is 2.03. The van der Waals surface area contributed by atoms with E-state index >= 15 is 0 Å². The highest BCUT2D eigenvalue weighted by molar-refractivity contribution is 9.10. The van der Waals surface area contributed by atoms with Crippen molar-refractivity contribution in [3.63, 3.8) is 0 Å². The molecule has 0 spiro atoms. The number of halogens is 1. The number of aryl methyl sites for hydroxylation is 2. The van der Waals surface area contributed by atoms with E-state index in [-0.39, 0.29) is 6.61 Å². The van der Waals surface area contributed by atoms with Crippen molar-refractivity contribution in [2.45, 2.75) is 19.8 Å². The van der Waals surface area contributed by atoms with Crippen LogP contribution in [0.4, 0.5) is 0 Å². The lowest BCUT2D eigenvalue weighted by molar-refractivity contribution is 0.288. The summed E-state index contributed by atoms with van der Waals surface area (Å²) >= 11 is 3.28. The smallest absolute Gasteiger partial charge is 0.132 e. The number of phenolic OH excluding ortho intramolecular Hbond substituents is 1. The summed E-state index contributed by atoms with van der Waals surface area (Å²) < 4.78 is 0.723. The molecule has 1 aromatic rings. The number of aromatic hydroxyl groups is 1. The molecule has 0 atom stereocenters. The largest absolute Gasteiger partial charge is 0.506 e. The van der Waals surface area contributed by atoms with Crippen molar-refractivity contribution in [1.82, 2.24) is 0 Å². The van der Waals surface area contributed by atoms with Crippen LogP contribution in [-0.2, 0) is 6.42 Å². The summed E-state index contributed by atoms with van der Waals surface area (Å²) in [5, 5.41) is 18.1. The molecule has 0 aliphatic rings. The maximum absolute atomic E-state index is 9.46. The fourth-order valence-electron chi connectivity index (χ4n) is 1.24. The van der Waals surface area contributed by atoms with Gasteiger partial charge in [-0.25, -0.2) is 0 Å². The summed E-state index contributed by atoms with van der Waals surface area (Å²) in [6.45, 7) is 2.07. The van der Waals surface area contributed by atoms with Crippen molar-refractivity contribution < 1.29 is 10.2 Å². The molecular formula is C10H13BrO2. The maximum atomic E-state index is 9.46. The van der Waals surface area contributed by atoms with Gasteiger partial charge in [-0.2, -0.15) is 0 Å². The lowest BCUT2D eigenvalue weighted by atomic mass is 10.1. The minimum atomic E-state index is 0.206. The summed E-state index contributed by atoms with van der Waals surface area (Å²) in [6, 6.07) is 3.83. The van der Waals surface area contributed by atoms with Gasteiger partial charge in [-0.05, 0) is 52.9 Å². The van der Waals surface area contributed by atoms with Gasteiger partial charge in [0.15, 0.2) is 0 Å². The summed E-state index contributed by atoms with van der Waals surface area (Å²) in [7, 11) is 0. The van der Waals surface area contributed by atoms with Crippen LogP contribution in [0.25, 0.3) is 0 Å². The van der Waals surface area contributed by atoms with E-state index in [2.05, 4.69) is 15.9 Å². The average molecular weight is 245 g/mol. The van der Waals surface area contributed by atoms with Crippen LogP contribution < -0.4 is 0 Å². The number of phenols is 1. The molecular weight excluding hydrogens is 232 g/mol. The van der Waals surface area contributed by atoms with E-state index < -0.39 is 0 Å². The van der Waals surface area contributed by atoms with Gasteiger partial charge < -0.3 is 10.2 Å². The fourth-order valence-corrected chi connectivity index (χ4v) is 1.84. The number of hydrogen-bond donors (Lipinski definition) is 2. The summed E-state index contributed by atoms with van der Waals surface area (Å²) in [4.78, 5) is 0. The Morgan fingerprint density at radius 2 is 2.08 bits per heavy atom. The zero-order chi connectivity index (χ0) is 9.84. The van der Waals surface area contributed by atoms with Crippen LogP contribution in [0.5, 0.6) is 5.75 Å². The Balaban J connectivity index is 2.86. The van der Waals surface area contributed by atoms with Crippen LogP contribution in [0.15, 0.2) is 16.6 Å². The SMILES string of the molecule is Cc1cc(CCCO)cc(Br)c1O. The molecule has 0 amide bonds. The minimum absolute atomic E-state index is 0.206. The molecule has 0 saturated heterocycles. The molecule has 2 N–H and O–H groups in total. The standard InChI is InChI=1S/C10H13BrO2/c1-7-5-8(3-2-4-12)6-9(11)10(7)13/h5-6,12-13H,2-4H2,1H3. The molecule has 0 aliphatic heterocycles. The van der Waals surface area contributed by atoms with Crippen molar-refractivity contribution >= 4 is 15.9 Å². The molecule has 3 heteroatoms. The van der Waals surface area contributed by atoms with E-state index in [4.69, 9.17) is 5.11 Å². The van der Waals surface area contributed by atoms with E-state index in [9.17, 15) is 5.11 Å². The molecule has 0 saturated carbocycles. The molecule has 1 rings (SSSR count). The van der Waals surface area contributed by atoms with Crippen LogP contribution in [0.2, 0.25) is 0 Å². The van der Waals surface area contributed by atoms with Crippen molar-refractivity contribution in [1.29, 1.82) is 0 Å². The van der Waals surface area contributed by atoms with Gasteiger partial charge in [0.2, 0.25) is 0 Å². The Labute approximate surface area is 86.3 Å². The Morgan fingerprint density at radius 3 is 2.62 bits per heavy atom. The highest BCUT2D eigenvalue weighted by atomic mass is 79.9. The lowest BCUT2D eigenvalue weighted by Crippen LogP contribution is -1.90. The topological polar surface area (TPSA) is 40.5 Å². The van der Waals surface area contributed by atoms with Crippen LogP contribution in [0, 0.1) is 6.92 Å². The first kappa shape index (κ1) is 10.5. The predicted octanol–water partition coefficient (Wildman–Crippen LogP) is 2.39. The van der Waals surface area contributed by atoms with Gasteiger partial charge in [0, 0.05) is 6.61 Å². The van der Waals surface area contributed by atoms with E-state index in [1.807, 2.05) is 19.1 Å². The number of hydrogen-bond acceptors (Lipinski definition) is 2. The molecule has 2 nitrogen and oxygen atoms in total. The third-order valence-electron chi connectivity index (χ3n) is 1.94. The predicted molar refractivity (Wildman–Crippen MR) is 56.0 cm³/mol. The third-order valence-corrected chi connectivity index (χ3v) is 2.54. The van der Waals surface area contributed by atoms with Crippen molar-refractivity contribution in [2.75, 3.05) is 6.61 Å². The zero-order valence-corrected chi connectivity index (χ0v) is 9.13. The Bertz CT molecular complexity index is 274. The number of rotatable bonds is 3. The average Bonchev–Trinajstić information content (AvgIpc) is 2.10. The molecule has 0 heterocycles. The first-order valence-corrected chi connectivity index (χ1v) is 5.03. The molecule has 72 valence electrons. The molecule has 0 radical (unpaired) electrons. The third kappa shape index (κ3) is 2.71. The van der Waals surface area contributed by atoms with E-state index in [1.165, 1.54) is 0 Å². The Kier molecular flexibility index (Phi) is 3.75. The Hall–Kier alpha value is -0.540.